The number of ketones is 1. The van der Waals surface area contributed by atoms with E-state index in [0.29, 0.717) is 6.42 Å². The molecule has 1 unspecified atom stereocenters. The number of carbonyl (C=O) groups is 2. The number of allylic oxidation sites excluding steroid dienone is 1. The minimum atomic E-state index is -2.41. The van der Waals surface area contributed by atoms with Gasteiger partial charge in [-0.1, -0.05) is 46.8 Å². The molecule has 2 fully saturated rings. The molecule has 2 heterocycles. The normalized spacial score (nSPS) is 33.7. The van der Waals surface area contributed by atoms with Crippen LogP contribution in [0.1, 0.15) is 68.2 Å². The van der Waals surface area contributed by atoms with Crippen LogP contribution in [0.2, 0.25) is 18.1 Å². The summed E-state index contributed by atoms with van der Waals surface area (Å²) in [6, 6.07) is 0. The van der Waals surface area contributed by atoms with Gasteiger partial charge in [-0.15, -0.1) is 0 Å². The van der Waals surface area contributed by atoms with Crippen molar-refractivity contribution in [3.63, 3.8) is 0 Å². The number of esters is 1. The second kappa shape index (κ2) is 11.3. The second-order valence-electron chi connectivity index (χ2n) is 12.2. The molecule has 9 heteroatoms. The summed E-state index contributed by atoms with van der Waals surface area (Å²) >= 11 is 0. The number of carbonyl (C=O) groups excluding carboxylic acids is 2. The summed E-state index contributed by atoms with van der Waals surface area (Å²) < 4.78 is 24.2. The van der Waals surface area contributed by atoms with Crippen molar-refractivity contribution in [1.29, 1.82) is 0 Å². The number of hydrogen-bond acceptors (Lipinski definition) is 8. The predicted octanol–water partition coefficient (Wildman–Crippen LogP) is 3.99. The van der Waals surface area contributed by atoms with Gasteiger partial charge in [-0.3, -0.25) is 9.59 Å². The monoisotopic (exact) mass is 528 g/mol. The van der Waals surface area contributed by atoms with E-state index in [1.807, 2.05) is 19.9 Å². The highest BCUT2D eigenvalue weighted by Gasteiger charge is 2.64. The molecule has 0 spiro atoms. The molecule has 0 aromatic carbocycles. The van der Waals surface area contributed by atoms with Gasteiger partial charge in [0.25, 0.3) is 0 Å². The largest absolute Gasteiger partial charge is 0.465 e. The number of ether oxygens (including phenoxy) is 3. The Kier molecular flexibility index (Phi) is 9.79. The van der Waals surface area contributed by atoms with Crippen molar-refractivity contribution < 1.29 is 38.4 Å². The lowest BCUT2D eigenvalue weighted by Gasteiger charge is -2.44. The van der Waals surface area contributed by atoms with E-state index in [1.54, 1.807) is 6.92 Å². The maximum Gasteiger partial charge on any atom is 0.302 e. The van der Waals surface area contributed by atoms with Crippen LogP contribution in [0, 0.1) is 17.8 Å². The highest BCUT2D eigenvalue weighted by molar-refractivity contribution is 6.74. The Morgan fingerprint density at radius 3 is 2.36 bits per heavy atom. The van der Waals surface area contributed by atoms with Crippen molar-refractivity contribution in [3.05, 3.63) is 12.2 Å². The first kappa shape index (κ1) is 31.1. The molecular weight excluding hydrogens is 480 g/mol. The molecule has 0 aromatic heterocycles. The van der Waals surface area contributed by atoms with Gasteiger partial charge < -0.3 is 28.8 Å². The highest BCUT2D eigenvalue weighted by atomic mass is 28.4. The molecule has 0 amide bonds. The van der Waals surface area contributed by atoms with Crippen molar-refractivity contribution >= 4 is 20.1 Å². The molecule has 8 nitrogen and oxygen atoms in total. The molecular formula is C27H48O8Si. The zero-order valence-corrected chi connectivity index (χ0v) is 24.8. The zero-order valence-electron chi connectivity index (χ0n) is 23.8. The molecule has 0 bridgehead atoms. The third-order valence-electron chi connectivity index (χ3n) is 8.29. The SMILES string of the molecule is C/C=C\[C@H](C)[C@H]1O[C@@]1(C)[C@@H](O[Si](C)(C)C(C)(C)C)[C@@H](COC(C)=O)C(=O)[C@@H]1COC(O)(CC)C[C@H]1O. The van der Waals surface area contributed by atoms with Gasteiger partial charge in [-0.2, -0.15) is 0 Å². The van der Waals surface area contributed by atoms with Crippen molar-refractivity contribution in [3.8, 4) is 0 Å². The lowest BCUT2D eigenvalue weighted by atomic mass is 9.78. The molecule has 2 saturated heterocycles. The summed E-state index contributed by atoms with van der Waals surface area (Å²) in [6.45, 7) is 19.3. The molecule has 2 rings (SSSR count). The van der Waals surface area contributed by atoms with Crippen LogP contribution in [0.5, 0.6) is 0 Å². The van der Waals surface area contributed by atoms with Gasteiger partial charge in [0.05, 0.1) is 36.8 Å². The van der Waals surface area contributed by atoms with E-state index in [0.717, 1.165) is 0 Å². The standard InChI is InChI=1S/C27H48O8Si/c1-11-13-17(3)23-26(8,34-23)24(35-36(9,10)25(5,6)7)20(15-32-18(4)28)22(30)19-16-33-27(31,12-2)14-21(19)29/h11,13,17,19-21,23-24,29,31H,12,14-16H2,1-10H3/b13-11-/t17-,19+,20-,21+,23+,24-,26+,27?/m0/s1. The minimum Gasteiger partial charge on any atom is -0.465 e. The van der Waals surface area contributed by atoms with Gasteiger partial charge in [0.2, 0.25) is 0 Å². The van der Waals surface area contributed by atoms with Gasteiger partial charge in [0, 0.05) is 19.3 Å². The smallest absolute Gasteiger partial charge is 0.302 e. The highest BCUT2D eigenvalue weighted by Crippen LogP contribution is 2.51. The molecule has 8 atom stereocenters. The van der Waals surface area contributed by atoms with E-state index < -0.39 is 49.7 Å². The van der Waals surface area contributed by atoms with Crippen LogP contribution in [0.4, 0.5) is 0 Å². The van der Waals surface area contributed by atoms with E-state index in [1.165, 1.54) is 6.92 Å². The van der Waals surface area contributed by atoms with Gasteiger partial charge >= 0.3 is 5.97 Å². The molecule has 0 aromatic rings. The zero-order chi connectivity index (χ0) is 27.7. The summed E-state index contributed by atoms with van der Waals surface area (Å²) in [5.41, 5.74) is -0.778. The molecule has 0 saturated carbocycles. The number of aliphatic hydroxyl groups is 2. The summed E-state index contributed by atoms with van der Waals surface area (Å²) in [7, 11) is -2.41. The van der Waals surface area contributed by atoms with E-state index in [-0.39, 0.29) is 42.5 Å². The molecule has 208 valence electrons. The molecule has 0 radical (unpaired) electrons. The fourth-order valence-electron chi connectivity index (χ4n) is 4.80. The second-order valence-corrected chi connectivity index (χ2v) is 17.0. The van der Waals surface area contributed by atoms with E-state index in [9.17, 15) is 19.8 Å². The van der Waals surface area contributed by atoms with Crippen molar-refractivity contribution in [2.24, 2.45) is 17.8 Å². The fourth-order valence-corrected chi connectivity index (χ4v) is 6.18. The van der Waals surface area contributed by atoms with Crippen LogP contribution in [0.3, 0.4) is 0 Å². The average molecular weight is 529 g/mol. The van der Waals surface area contributed by atoms with Gasteiger partial charge in [0.15, 0.2) is 14.1 Å². The fraction of sp³-hybridized carbons (Fsp3) is 0.852. The Morgan fingerprint density at radius 1 is 1.28 bits per heavy atom. The summed E-state index contributed by atoms with van der Waals surface area (Å²) in [5.74, 6) is -3.92. The quantitative estimate of drug-likeness (QED) is 0.179. The van der Waals surface area contributed by atoms with Gasteiger partial charge in [0.1, 0.15) is 18.0 Å². The van der Waals surface area contributed by atoms with Crippen molar-refractivity contribution in [2.45, 2.75) is 116 Å². The first-order valence-electron chi connectivity index (χ1n) is 13.1. The Bertz CT molecular complexity index is 821. The van der Waals surface area contributed by atoms with Crippen LogP contribution in [0.25, 0.3) is 0 Å². The first-order chi connectivity index (χ1) is 16.4. The van der Waals surface area contributed by atoms with Crippen molar-refractivity contribution in [1.82, 2.24) is 0 Å². The van der Waals surface area contributed by atoms with Crippen LogP contribution in [-0.4, -0.2) is 73.2 Å². The van der Waals surface area contributed by atoms with Crippen LogP contribution in [0.15, 0.2) is 12.2 Å². The minimum absolute atomic E-state index is 0.0668. The Labute approximate surface area is 217 Å². The summed E-state index contributed by atoms with van der Waals surface area (Å²) in [6.07, 6.45) is 2.32. The Hall–Kier alpha value is -1.10. The number of epoxide rings is 1. The van der Waals surface area contributed by atoms with Crippen molar-refractivity contribution in [2.75, 3.05) is 13.2 Å². The van der Waals surface area contributed by atoms with Gasteiger partial charge in [-0.25, -0.2) is 0 Å². The molecule has 2 N–H and O–H groups in total. The van der Waals surface area contributed by atoms with E-state index >= 15 is 0 Å². The molecule has 36 heavy (non-hydrogen) atoms. The maximum atomic E-state index is 14.0. The van der Waals surface area contributed by atoms with Gasteiger partial charge in [-0.05, 0) is 38.4 Å². The van der Waals surface area contributed by atoms with E-state index in [2.05, 4.69) is 46.9 Å². The lowest BCUT2D eigenvalue weighted by Crippen LogP contribution is -2.57. The number of Topliss-reactive ketones (excluding diaryl/α,β-unsaturated/α-hetero) is 1. The lowest BCUT2D eigenvalue weighted by molar-refractivity contribution is -0.258. The molecule has 0 aliphatic carbocycles. The van der Waals surface area contributed by atoms with Crippen LogP contribution >= 0.6 is 0 Å². The van der Waals surface area contributed by atoms with Crippen LogP contribution < -0.4 is 0 Å². The Morgan fingerprint density at radius 2 is 1.89 bits per heavy atom. The third kappa shape index (κ3) is 6.85. The van der Waals surface area contributed by atoms with Crippen LogP contribution in [-0.2, 0) is 28.2 Å². The Balaban J connectivity index is 2.48. The number of hydrogen-bond donors (Lipinski definition) is 2. The summed E-state index contributed by atoms with van der Waals surface area (Å²) in [5, 5.41) is 21.2. The molecule has 2 aliphatic heterocycles. The first-order valence-corrected chi connectivity index (χ1v) is 16.0. The number of rotatable bonds is 11. The van der Waals surface area contributed by atoms with E-state index in [4.69, 9.17) is 18.6 Å². The predicted molar refractivity (Wildman–Crippen MR) is 140 cm³/mol. The average Bonchev–Trinajstić information content (AvgIpc) is 3.45. The summed E-state index contributed by atoms with van der Waals surface area (Å²) in [4.78, 5) is 25.8. The number of aliphatic hydroxyl groups excluding tert-OH is 1. The maximum absolute atomic E-state index is 14.0. The molecule has 2 aliphatic rings. The topological polar surface area (TPSA) is 115 Å². The third-order valence-corrected chi connectivity index (χ3v) is 12.7.